The highest BCUT2D eigenvalue weighted by Gasteiger charge is 2.39. The van der Waals surface area contributed by atoms with Crippen LogP contribution in [0.2, 0.25) is 0 Å². The molecule has 0 atom stereocenters. The number of benzene rings is 2. The number of nitro benzene ring substituents is 1. The van der Waals surface area contributed by atoms with Crippen molar-refractivity contribution in [3.63, 3.8) is 0 Å². The second kappa shape index (κ2) is 8.54. The van der Waals surface area contributed by atoms with Crippen LogP contribution in [0.25, 0.3) is 6.08 Å². The number of hydrogen-bond acceptors (Lipinski definition) is 7. The molecule has 0 unspecified atom stereocenters. The number of likely N-dealkylation sites (N-methyl/N-ethyl adjacent to an activating group) is 1. The second-order valence-corrected chi connectivity index (χ2v) is 7.30. The number of esters is 1. The second-order valence-electron chi connectivity index (χ2n) is 7.30. The molecule has 0 N–H and O–H groups in total. The minimum absolute atomic E-state index is 0.00868. The summed E-state index contributed by atoms with van der Waals surface area (Å²) in [5.74, 6) is -3.00. The number of carbonyl (C=O) groups excluding carboxylic acids is 4. The predicted octanol–water partition coefficient (Wildman–Crippen LogP) is 2.30. The molecule has 0 radical (unpaired) electrons. The van der Waals surface area contributed by atoms with Gasteiger partial charge < -0.3 is 9.64 Å². The van der Waals surface area contributed by atoms with Gasteiger partial charge in [-0.25, -0.2) is 4.79 Å². The number of ketones is 1. The fourth-order valence-corrected chi connectivity index (χ4v) is 3.43. The van der Waals surface area contributed by atoms with E-state index < -0.39 is 34.1 Å². The number of para-hydroxylation sites is 1. The minimum Gasteiger partial charge on any atom is -0.422 e. The molecule has 2 aromatic carbocycles. The number of aliphatic imine (C=N–C) groups is 1. The van der Waals surface area contributed by atoms with E-state index in [1.165, 1.54) is 55.3 Å². The highest BCUT2D eigenvalue weighted by atomic mass is 16.6. The molecule has 11 heteroatoms. The fraction of sp³-hybridized carbons (Fsp3) is 0.0870. The van der Waals surface area contributed by atoms with Gasteiger partial charge in [0.1, 0.15) is 17.0 Å². The Balaban J connectivity index is 1.79. The van der Waals surface area contributed by atoms with Crippen LogP contribution in [0, 0.1) is 10.1 Å². The SMILES string of the molecule is CC(=O)N=C1N(/C=C2\C(=O)Oc3ccccc3C2=O)C(=O)/C(=C\c2cccc([N+](=O)[O-])c2)N1C. The summed E-state index contributed by atoms with van der Waals surface area (Å²) in [6.45, 7) is 1.18. The molecule has 2 heterocycles. The summed E-state index contributed by atoms with van der Waals surface area (Å²) in [5.41, 5.74) is -0.0927. The Hall–Kier alpha value is -4.93. The number of carbonyl (C=O) groups is 4. The van der Waals surface area contributed by atoms with E-state index in [4.69, 9.17) is 4.74 Å². The Morgan fingerprint density at radius 3 is 2.56 bits per heavy atom. The first-order valence-electron chi connectivity index (χ1n) is 9.88. The smallest absolute Gasteiger partial charge is 0.349 e. The molecule has 2 aliphatic rings. The van der Waals surface area contributed by atoms with Crippen molar-refractivity contribution in [1.29, 1.82) is 0 Å². The first-order chi connectivity index (χ1) is 16.2. The number of non-ortho nitro benzene ring substituents is 1. The number of hydrogen-bond donors (Lipinski definition) is 0. The predicted molar refractivity (Wildman–Crippen MR) is 118 cm³/mol. The number of Topliss-reactive ketones (excluding diaryl/α,β-unsaturated/α-hetero) is 1. The molecule has 0 aliphatic carbocycles. The summed E-state index contributed by atoms with van der Waals surface area (Å²) < 4.78 is 5.20. The van der Waals surface area contributed by atoms with E-state index >= 15 is 0 Å². The number of amides is 2. The number of ether oxygens (including phenoxy) is 1. The van der Waals surface area contributed by atoms with Crippen LogP contribution in [0.15, 0.2) is 71.0 Å². The van der Waals surface area contributed by atoms with E-state index in [9.17, 15) is 29.3 Å². The van der Waals surface area contributed by atoms with E-state index in [1.807, 2.05) is 0 Å². The van der Waals surface area contributed by atoms with Crippen LogP contribution >= 0.6 is 0 Å². The van der Waals surface area contributed by atoms with Crippen molar-refractivity contribution < 1.29 is 28.8 Å². The summed E-state index contributed by atoms with van der Waals surface area (Å²) in [4.78, 5) is 66.9. The summed E-state index contributed by atoms with van der Waals surface area (Å²) >= 11 is 0. The Bertz CT molecular complexity index is 1370. The monoisotopic (exact) mass is 460 g/mol. The van der Waals surface area contributed by atoms with Crippen LogP contribution in [0.4, 0.5) is 5.69 Å². The average molecular weight is 460 g/mol. The van der Waals surface area contributed by atoms with E-state index in [0.29, 0.717) is 5.56 Å². The van der Waals surface area contributed by atoms with E-state index in [2.05, 4.69) is 4.99 Å². The summed E-state index contributed by atoms with van der Waals surface area (Å²) in [6, 6.07) is 11.8. The lowest BCUT2D eigenvalue weighted by Crippen LogP contribution is -2.33. The molecule has 0 aromatic heterocycles. The van der Waals surface area contributed by atoms with Gasteiger partial charge in [-0.05, 0) is 23.8 Å². The maximum atomic E-state index is 13.2. The lowest BCUT2D eigenvalue weighted by atomic mass is 10.0. The Kier molecular flexibility index (Phi) is 5.60. The molecule has 2 amide bonds. The molecular formula is C23H16N4O7. The molecule has 1 saturated heterocycles. The van der Waals surface area contributed by atoms with Crippen molar-refractivity contribution in [1.82, 2.24) is 9.80 Å². The van der Waals surface area contributed by atoms with Gasteiger partial charge in [-0.15, -0.1) is 0 Å². The van der Waals surface area contributed by atoms with Crippen molar-refractivity contribution in [3.05, 3.63) is 87.2 Å². The number of nitrogens with zero attached hydrogens (tertiary/aromatic N) is 4. The molecule has 2 aliphatic heterocycles. The van der Waals surface area contributed by atoms with Gasteiger partial charge in [0.25, 0.3) is 11.6 Å². The van der Waals surface area contributed by atoms with Crippen molar-refractivity contribution in [2.45, 2.75) is 6.92 Å². The number of guanidine groups is 1. The highest BCUT2D eigenvalue weighted by Crippen LogP contribution is 2.30. The van der Waals surface area contributed by atoms with E-state index in [1.54, 1.807) is 18.2 Å². The van der Waals surface area contributed by atoms with E-state index in [-0.39, 0.29) is 28.7 Å². The molecule has 34 heavy (non-hydrogen) atoms. The van der Waals surface area contributed by atoms with Crippen molar-refractivity contribution in [2.24, 2.45) is 4.99 Å². The summed E-state index contributed by atoms with van der Waals surface area (Å²) in [6.07, 6.45) is 2.36. The third-order valence-electron chi connectivity index (χ3n) is 5.01. The maximum absolute atomic E-state index is 13.2. The number of nitro groups is 1. The lowest BCUT2D eigenvalue weighted by Gasteiger charge is -2.19. The largest absolute Gasteiger partial charge is 0.422 e. The first-order valence-corrected chi connectivity index (χ1v) is 9.88. The van der Waals surface area contributed by atoms with Gasteiger partial charge in [0, 0.05) is 32.3 Å². The normalized spacial score (nSPS) is 19.1. The van der Waals surface area contributed by atoms with Crippen LogP contribution in [0.3, 0.4) is 0 Å². The topological polar surface area (TPSA) is 139 Å². The Labute approximate surface area is 192 Å². The molecule has 4 rings (SSSR count). The van der Waals surface area contributed by atoms with Crippen LogP contribution in [-0.2, 0) is 14.4 Å². The van der Waals surface area contributed by atoms with Gasteiger partial charge in [-0.2, -0.15) is 4.99 Å². The van der Waals surface area contributed by atoms with Crippen molar-refractivity contribution in [2.75, 3.05) is 7.05 Å². The molecule has 0 bridgehead atoms. The minimum atomic E-state index is -0.961. The molecule has 170 valence electrons. The maximum Gasteiger partial charge on any atom is 0.349 e. The van der Waals surface area contributed by atoms with Crippen LogP contribution in [0.5, 0.6) is 5.75 Å². The molecule has 11 nitrogen and oxygen atoms in total. The third-order valence-corrected chi connectivity index (χ3v) is 5.01. The van der Waals surface area contributed by atoms with Gasteiger partial charge in [0.05, 0.1) is 10.5 Å². The van der Waals surface area contributed by atoms with Crippen LogP contribution in [0.1, 0.15) is 22.8 Å². The van der Waals surface area contributed by atoms with Gasteiger partial charge in [-0.3, -0.25) is 29.4 Å². The van der Waals surface area contributed by atoms with Gasteiger partial charge in [0.15, 0.2) is 0 Å². The first kappa shape index (κ1) is 22.3. The molecule has 0 saturated carbocycles. The van der Waals surface area contributed by atoms with Crippen molar-refractivity contribution >= 4 is 41.3 Å². The zero-order valence-corrected chi connectivity index (χ0v) is 17.9. The Morgan fingerprint density at radius 1 is 1.12 bits per heavy atom. The van der Waals surface area contributed by atoms with Gasteiger partial charge in [-0.1, -0.05) is 24.3 Å². The molecule has 1 fully saturated rings. The zero-order valence-electron chi connectivity index (χ0n) is 17.9. The quantitative estimate of drug-likeness (QED) is 0.170. The average Bonchev–Trinajstić information content (AvgIpc) is 3.00. The highest BCUT2D eigenvalue weighted by molar-refractivity contribution is 6.28. The van der Waals surface area contributed by atoms with Gasteiger partial charge in [0.2, 0.25) is 17.6 Å². The van der Waals surface area contributed by atoms with Crippen LogP contribution < -0.4 is 4.74 Å². The summed E-state index contributed by atoms with van der Waals surface area (Å²) in [7, 11) is 1.46. The van der Waals surface area contributed by atoms with Gasteiger partial charge >= 0.3 is 5.97 Å². The third kappa shape index (κ3) is 3.97. The van der Waals surface area contributed by atoms with Crippen molar-refractivity contribution in [3.8, 4) is 5.75 Å². The number of fused-ring (bicyclic) bond motifs is 1. The Morgan fingerprint density at radius 2 is 1.85 bits per heavy atom. The fourth-order valence-electron chi connectivity index (χ4n) is 3.43. The number of rotatable bonds is 3. The lowest BCUT2D eigenvalue weighted by molar-refractivity contribution is -0.384. The molecule has 2 aromatic rings. The molecular weight excluding hydrogens is 444 g/mol. The summed E-state index contributed by atoms with van der Waals surface area (Å²) in [5, 5.41) is 11.1. The van der Waals surface area contributed by atoms with Crippen LogP contribution in [-0.4, -0.2) is 51.3 Å². The van der Waals surface area contributed by atoms with E-state index in [0.717, 1.165) is 11.1 Å². The standard InChI is InChI=1S/C23H16N4O7/c1-13(28)24-23-25(2)18(11-14-6-5-7-15(10-14)27(32)33)21(30)26(23)12-17-20(29)16-8-3-4-9-19(16)34-22(17)31/h3-12H,1-2H3/b17-12-,18-11+,24-23?. The zero-order chi connectivity index (χ0) is 24.6. The molecule has 0 spiro atoms.